The van der Waals surface area contributed by atoms with E-state index in [1.54, 1.807) is 18.2 Å². The summed E-state index contributed by atoms with van der Waals surface area (Å²) in [5.74, 6) is 0.0694. The fraction of sp³-hybridized carbons (Fsp3) is 0.333. The molecule has 1 aliphatic carbocycles. The summed E-state index contributed by atoms with van der Waals surface area (Å²) < 4.78 is 15.7. The van der Waals surface area contributed by atoms with E-state index in [2.05, 4.69) is 5.32 Å². The molecule has 28 heavy (non-hydrogen) atoms. The number of alkyl carbamates (subject to hydrolysis) is 1. The number of amides is 1. The van der Waals surface area contributed by atoms with Gasteiger partial charge in [0.15, 0.2) is 11.5 Å². The van der Waals surface area contributed by atoms with Gasteiger partial charge in [-0.1, -0.05) is 36.4 Å². The number of nitrogens with one attached hydrogen (secondary N) is 1. The third kappa shape index (κ3) is 3.88. The number of hydrogen-bond acceptors (Lipinski definition) is 5. The van der Waals surface area contributed by atoms with Crippen molar-refractivity contribution in [2.45, 2.75) is 30.9 Å². The van der Waals surface area contributed by atoms with Gasteiger partial charge >= 0.3 is 12.1 Å². The molecule has 0 aliphatic heterocycles. The zero-order valence-electron chi connectivity index (χ0n) is 15.8. The van der Waals surface area contributed by atoms with Gasteiger partial charge in [0.25, 0.3) is 0 Å². The molecule has 1 amide bonds. The van der Waals surface area contributed by atoms with Crippen LogP contribution in [0.15, 0.2) is 48.5 Å². The molecular formula is C21H23NO6. The number of carbonyl (C=O) groups is 2. The fourth-order valence-electron chi connectivity index (χ4n) is 3.48. The summed E-state index contributed by atoms with van der Waals surface area (Å²) in [6, 6.07) is 14.2. The fourth-order valence-corrected chi connectivity index (χ4v) is 3.48. The Balaban J connectivity index is 1.62. The number of benzene rings is 2. The first-order valence-electron chi connectivity index (χ1n) is 8.91. The van der Waals surface area contributed by atoms with Crippen LogP contribution in [0.25, 0.3) is 0 Å². The minimum absolute atomic E-state index is 0.166. The molecule has 0 atom stereocenters. The maximum atomic E-state index is 12.0. The van der Waals surface area contributed by atoms with E-state index >= 15 is 0 Å². The van der Waals surface area contributed by atoms with E-state index in [0.29, 0.717) is 17.1 Å². The van der Waals surface area contributed by atoms with E-state index in [-0.39, 0.29) is 25.5 Å². The van der Waals surface area contributed by atoms with Gasteiger partial charge in [-0.05, 0) is 36.1 Å². The topological polar surface area (TPSA) is 94.1 Å². The van der Waals surface area contributed by atoms with E-state index < -0.39 is 17.5 Å². The minimum Gasteiger partial charge on any atom is -0.493 e. The van der Waals surface area contributed by atoms with Crippen molar-refractivity contribution in [1.29, 1.82) is 0 Å². The maximum absolute atomic E-state index is 12.0. The second-order valence-electron chi connectivity index (χ2n) is 6.77. The van der Waals surface area contributed by atoms with Crippen molar-refractivity contribution in [2.75, 3.05) is 14.2 Å². The second-order valence-corrected chi connectivity index (χ2v) is 6.77. The Morgan fingerprint density at radius 3 is 2.36 bits per heavy atom. The molecule has 0 heterocycles. The largest absolute Gasteiger partial charge is 0.493 e. The first-order chi connectivity index (χ1) is 13.5. The molecule has 0 spiro atoms. The molecule has 0 bridgehead atoms. The average molecular weight is 385 g/mol. The first-order valence-corrected chi connectivity index (χ1v) is 8.91. The standard InChI is InChI=1S/C21H23NO6/c1-26-17-9-8-15(10-18(17)27-2)21(19(23)24)11-16(12-21)22-20(25)28-13-14-6-4-3-5-7-14/h3-10,16H,11-13H2,1-2H3,(H,22,25)(H,23,24). The lowest BCUT2D eigenvalue weighted by molar-refractivity contribution is -0.148. The Morgan fingerprint density at radius 1 is 1.07 bits per heavy atom. The third-order valence-electron chi connectivity index (χ3n) is 5.07. The predicted octanol–water partition coefficient (Wildman–Crippen LogP) is 3.12. The van der Waals surface area contributed by atoms with Crippen molar-refractivity contribution in [3.8, 4) is 11.5 Å². The zero-order valence-corrected chi connectivity index (χ0v) is 15.8. The van der Waals surface area contributed by atoms with E-state index in [4.69, 9.17) is 14.2 Å². The van der Waals surface area contributed by atoms with Crippen molar-refractivity contribution in [3.63, 3.8) is 0 Å². The van der Waals surface area contributed by atoms with Gasteiger partial charge in [0.05, 0.1) is 19.6 Å². The Labute approximate surface area is 163 Å². The highest BCUT2D eigenvalue weighted by Crippen LogP contribution is 2.46. The average Bonchev–Trinajstić information content (AvgIpc) is 2.68. The van der Waals surface area contributed by atoms with Crippen LogP contribution in [0.1, 0.15) is 24.0 Å². The summed E-state index contributed by atoms with van der Waals surface area (Å²) in [4.78, 5) is 24.0. The molecule has 7 nitrogen and oxygen atoms in total. The van der Waals surface area contributed by atoms with Gasteiger partial charge in [-0.2, -0.15) is 0 Å². The smallest absolute Gasteiger partial charge is 0.407 e. The minimum atomic E-state index is -1.07. The summed E-state index contributed by atoms with van der Waals surface area (Å²) in [5, 5.41) is 12.6. The van der Waals surface area contributed by atoms with Gasteiger partial charge in [0.1, 0.15) is 6.61 Å². The molecule has 2 aromatic carbocycles. The Kier molecular flexibility index (Phi) is 5.73. The lowest BCUT2D eigenvalue weighted by atomic mass is 9.61. The van der Waals surface area contributed by atoms with E-state index in [9.17, 15) is 14.7 Å². The van der Waals surface area contributed by atoms with Crippen LogP contribution in [0.2, 0.25) is 0 Å². The Hall–Kier alpha value is -3.22. The highest BCUT2D eigenvalue weighted by molar-refractivity contribution is 5.84. The number of hydrogen-bond donors (Lipinski definition) is 2. The predicted molar refractivity (Wildman–Crippen MR) is 102 cm³/mol. The van der Waals surface area contributed by atoms with Crippen LogP contribution in [0.3, 0.4) is 0 Å². The molecule has 1 aliphatic rings. The quantitative estimate of drug-likeness (QED) is 0.761. The highest BCUT2D eigenvalue weighted by atomic mass is 16.5. The van der Waals surface area contributed by atoms with Gasteiger partial charge in [-0.3, -0.25) is 4.79 Å². The van der Waals surface area contributed by atoms with E-state index in [1.807, 2.05) is 30.3 Å². The van der Waals surface area contributed by atoms with Gasteiger partial charge < -0.3 is 24.6 Å². The van der Waals surface area contributed by atoms with Crippen LogP contribution in [-0.4, -0.2) is 37.4 Å². The van der Waals surface area contributed by atoms with Crippen molar-refractivity contribution in [2.24, 2.45) is 0 Å². The molecule has 2 N–H and O–H groups in total. The summed E-state index contributed by atoms with van der Waals surface area (Å²) >= 11 is 0. The molecule has 0 unspecified atom stereocenters. The SMILES string of the molecule is COc1ccc(C2(C(=O)O)CC(NC(=O)OCc3ccccc3)C2)cc1OC. The molecular weight excluding hydrogens is 362 g/mol. The summed E-state index contributed by atoms with van der Waals surface area (Å²) in [5.41, 5.74) is 0.432. The highest BCUT2D eigenvalue weighted by Gasteiger charge is 2.52. The molecule has 0 saturated heterocycles. The van der Waals surface area contributed by atoms with Crippen LogP contribution in [0, 0.1) is 0 Å². The van der Waals surface area contributed by atoms with E-state index in [0.717, 1.165) is 5.56 Å². The Bertz CT molecular complexity index is 845. The number of carboxylic acid groups (broad SMARTS) is 1. The first kappa shape index (κ1) is 19.5. The molecule has 1 fully saturated rings. The monoisotopic (exact) mass is 385 g/mol. The molecule has 0 aromatic heterocycles. The van der Waals surface area contributed by atoms with Gasteiger partial charge in [-0.15, -0.1) is 0 Å². The van der Waals surface area contributed by atoms with Gasteiger partial charge in [0, 0.05) is 6.04 Å². The number of ether oxygens (including phenoxy) is 3. The number of methoxy groups -OCH3 is 2. The lowest BCUT2D eigenvalue weighted by Crippen LogP contribution is -2.57. The van der Waals surface area contributed by atoms with Crippen molar-refractivity contribution in [3.05, 3.63) is 59.7 Å². The zero-order chi connectivity index (χ0) is 20.1. The molecule has 148 valence electrons. The van der Waals surface area contributed by atoms with E-state index in [1.165, 1.54) is 14.2 Å². The van der Waals surface area contributed by atoms with Crippen LogP contribution >= 0.6 is 0 Å². The van der Waals surface area contributed by atoms with Crippen LogP contribution in [-0.2, 0) is 21.6 Å². The molecule has 7 heteroatoms. The number of carbonyl (C=O) groups excluding carboxylic acids is 1. The van der Waals surface area contributed by atoms with Crippen LogP contribution < -0.4 is 14.8 Å². The number of carboxylic acids is 1. The summed E-state index contributed by atoms with van der Waals surface area (Å²) in [6.45, 7) is 0.166. The molecule has 1 saturated carbocycles. The number of aliphatic carboxylic acids is 1. The van der Waals surface area contributed by atoms with Crippen LogP contribution in [0.4, 0.5) is 4.79 Å². The second kappa shape index (κ2) is 8.21. The van der Waals surface area contributed by atoms with Crippen molar-refractivity contribution >= 4 is 12.1 Å². The number of rotatable bonds is 7. The molecule has 2 aromatic rings. The van der Waals surface area contributed by atoms with Gasteiger partial charge in [-0.25, -0.2) is 4.79 Å². The van der Waals surface area contributed by atoms with Crippen molar-refractivity contribution < 1.29 is 28.9 Å². The van der Waals surface area contributed by atoms with Gasteiger partial charge in [0.2, 0.25) is 0 Å². The summed E-state index contributed by atoms with van der Waals surface area (Å²) in [7, 11) is 3.03. The van der Waals surface area contributed by atoms with Crippen LogP contribution in [0.5, 0.6) is 11.5 Å². The molecule has 0 radical (unpaired) electrons. The third-order valence-corrected chi connectivity index (χ3v) is 5.07. The molecule has 3 rings (SSSR count). The lowest BCUT2D eigenvalue weighted by Gasteiger charge is -2.44. The normalized spacial score (nSPS) is 20.6. The summed E-state index contributed by atoms with van der Waals surface area (Å²) in [6.07, 6.45) is -0.00332. The van der Waals surface area contributed by atoms with Crippen molar-refractivity contribution in [1.82, 2.24) is 5.32 Å². The maximum Gasteiger partial charge on any atom is 0.407 e. The Morgan fingerprint density at radius 2 is 1.75 bits per heavy atom.